The summed E-state index contributed by atoms with van der Waals surface area (Å²) in [6.45, 7) is 14.3. The lowest BCUT2D eigenvalue weighted by atomic mass is 9.69. The van der Waals surface area contributed by atoms with Crippen molar-refractivity contribution in [3.63, 3.8) is 0 Å². The van der Waals surface area contributed by atoms with Gasteiger partial charge in [0.1, 0.15) is 0 Å². The number of allylic oxidation sites excluding steroid dienone is 4. The quantitative estimate of drug-likeness (QED) is 0.173. The average Bonchev–Trinajstić information content (AvgIpc) is 3.34. The number of aromatic nitrogens is 2. The van der Waals surface area contributed by atoms with Crippen LogP contribution in [0.1, 0.15) is 90.3 Å². The molecule has 45 heavy (non-hydrogen) atoms. The number of benzene rings is 3. The molecule has 0 bridgehead atoms. The smallest absolute Gasteiger partial charge is 0.219 e. The summed E-state index contributed by atoms with van der Waals surface area (Å²) in [5, 5.41) is 3.99. The third kappa shape index (κ3) is 3.81. The molecule has 3 aromatic carbocycles. The molecule has 0 saturated heterocycles. The van der Waals surface area contributed by atoms with E-state index in [1.165, 1.54) is 79.2 Å². The number of pyridine rings is 2. The molecule has 0 amide bonds. The molecule has 1 spiro atoms. The van der Waals surface area contributed by atoms with E-state index in [1.54, 1.807) is 5.57 Å². The first-order valence-electron chi connectivity index (χ1n) is 17.3. The predicted octanol–water partition coefficient (Wildman–Crippen LogP) is 10.8. The highest BCUT2D eigenvalue weighted by Gasteiger charge is 2.57. The molecule has 0 fully saturated rings. The molecule has 0 saturated carbocycles. The molecule has 0 radical (unpaired) electrons. The van der Waals surface area contributed by atoms with Crippen molar-refractivity contribution >= 4 is 21.7 Å². The van der Waals surface area contributed by atoms with Gasteiger partial charge in [0, 0.05) is 52.2 Å². The minimum atomic E-state index is -0.284. The number of rotatable bonds is 7. The van der Waals surface area contributed by atoms with E-state index in [9.17, 15) is 0 Å². The van der Waals surface area contributed by atoms with Gasteiger partial charge < -0.3 is 0 Å². The molecule has 3 heterocycles. The summed E-state index contributed by atoms with van der Waals surface area (Å²) in [5.74, 6) is 1.14. The fourth-order valence-corrected chi connectivity index (χ4v) is 9.31. The second kappa shape index (κ2) is 10.2. The Morgan fingerprint density at radius 3 is 2.27 bits per heavy atom. The summed E-state index contributed by atoms with van der Waals surface area (Å²) >= 11 is 0. The average molecular weight is 590 g/mol. The van der Waals surface area contributed by atoms with Gasteiger partial charge in [-0.05, 0) is 71.9 Å². The van der Waals surface area contributed by atoms with Crippen LogP contribution in [0.2, 0.25) is 0 Å². The first-order chi connectivity index (χ1) is 21.9. The van der Waals surface area contributed by atoms with E-state index in [2.05, 4.69) is 137 Å². The van der Waals surface area contributed by atoms with E-state index in [4.69, 9.17) is 4.98 Å². The van der Waals surface area contributed by atoms with Gasteiger partial charge in [0.05, 0.1) is 10.9 Å². The van der Waals surface area contributed by atoms with Crippen LogP contribution in [0.5, 0.6) is 0 Å². The van der Waals surface area contributed by atoms with Gasteiger partial charge in [-0.2, -0.15) is 4.57 Å². The van der Waals surface area contributed by atoms with E-state index >= 15 is 0 Å². The van der Waals surface area contributed by atoms with Gasteiger partial charge >= 0.3 is 0 Å². The van der Waals surface area contributed by atoms with Gasteiger partial charge in [-0.1, -0.05) is 108 Å². The van der Waals surface area contributed by atoms with Crippen molar-refractivity contribution < 1.29 is 4.57 Å². The van der Waals surface area contributed by atoms with Crippen molar-refractivity contribution in [2.24, 2.45) is 11.8 Å². The molecule has 1 aliphatic heterocycles. The third-order valence-electron chi connectivity index (χ3n) is 11.7. The van der Waals surface area contributed by atoms with Crippen molar-refractivity contribution in [1.29, 1.82) is 0 Å². The summed E-state index contributed by atoms with van der Waals surface area (Å²) in [5.41, 5.74) is 13.7. The number of nitrogens with zero attached hydrogens (tertiary/aromatic N) is 2. The monoisotopic (exact) mass is 589 g/mol. The number of fused-ring (bicyclic) bond motifs is 4. The summed E-state index contributed by atoms with van der Waals surface area (Å²) in [6.07, 6.45) is 15.3. The molecule has 1 unspecified atom stereocenters. The zero-order chi connectivity index (χ0) is 31.1. The van der Waals surface area contributed by atoms with Crippen LogP contribution in [0.4, 0.5) is 0 Å². The largest absolute Gasteiger partial charge is 0.264 e. The molecule has 3 aliphatic rings. The molecular weight excluding hydrogens is 544 g/mol. The summed E-state index contributed by atoms with van der Waals surface area (Å²) in [6, 6.07) is 25.3. The van der Waals surface area contributed by atoms with Gasteiger partial charge in [-0.15, -0.1) is 0 Å². The second-order valence-corrected chi connectivity index (χ2v) is 14.2. The molecule has 2 aromatic heterocycles. The fraction of sp³-hybridized carbons (Fsp3) is 0.349. The standard InChI is InChI=1S/C43H45N2/c1-7-27(8-2)31-21-32(28(9-3)10-4)24-43(23-31)35-20-19-30-25-44-26-37-39(30)40(35)41-36(42(37,5)6)22-34-33(29-15-12-11-13-16-29)17-14-18-38(34)45(41)43/h11-23,25-28H,7-10,24H2,1-6H3/q+1. The molecule has 226 valence electrons. The highest BCUT2D eigenvalue weighted by atomic mass is 15.1. The fourth-order valence-electron chi connectivity index (χ4n) is 9.31. The van der Waals surface area contributed by atoms with Gasteiger partial charge in [0.25, 0.3) is 0 Å². The first kappa shape index (κ1) is 28.4. The summed E-state index contributed by atoms with van der Waals surface area (Å²) in [4.78, 5) is 4.79. The van der Waals surface area contributed by atoms with Crippen molar-refractivity contribution in [2.45, 2.75) is 84.6 Å². The van der Waals surface area contributed by atoms with Crippen LogP contribution in [-0.2, 0) is 11.0 Å². The Morgan fingerprint density at radius 2 is 1.53 bits per heavy atom. The molecule has 1 atom stereocenters. The van der Waals surface area contributed by atoms with Crippen LogP contribution >= 0.6 is 0 Å². The maximum Gasteiger partial charge on any atom is 0.219 e. The minimum absolute atomic E-state index is 0.191. The Balaban J connectivity index is 1.57. The summed E-state index contributed by atoms with van der Waals surface area (Å²) < 4.78 is 2.82. The van der Waals surface area contributed by atoms with E-state index in [0.717, 1.165) is 19.3 Å². The van der Waals surface area contributed by atoms with Crippen molar-refractivity contribution in [3.05, 3.63) is 119 Å². The molecular formula is C43H45N2+. The molecule has 2 nitrogen and oxygen atoms in total. The summed E-state index contributed by atoms with van der Waals surface area (Å²) in [7, 11) is 0. The van der Waals surface area contributed by atoms with Crippen molar-refractivity contribution in [1.82, 2.24) is 4.98 Å². The Kier molecular flexibility index (Phi) is 6.47. The van der Waals surface area contributed by atoms with Crippen LogP contribution in [0, 0.1) is 11.8 Å². The Bertz CT molecular complexity index is 2050. The molecule has 0 N–H and O–H groups in total. The van der Waals surface area contributed by atoms with E-state index in [-0.39, 0.29) is 11.0 Å². The van der Waals surface area contributed by atoms with E-state index in [1.807, 2.05) is 0 Å². The Morgan fingerprint density at radius 1 is 0.778 bits per heavy atom. The topological polar surface area (TPSA) is 16.8 Å². The highest BCUT2D eigenvalue weighted by molar-refractivity contribution is 6.06. The Hall–Kier alpha value is -4.04. The van der Waals surface area contributed by atoms with E-state index < -0.39 is 0 Å². The maximum atomic E-state index is 4.79. The molecule has 2 heteroatoms. The zero-order valence-corrected chi connectivity index (χ0v) is 27.7. The van der Waals surface area contributed by atoms with Crippen LogP contribution in [0.15, 0.2) is 102 Å². The number of hydrogen-bond acceptors (Lipinski definition) is 1. The predicted molar refractivity (Wildman–Crippen MR) is 188 cm³/mol. The highest BCUT2D eigenvalue weighted by Crippen LogP contribution is 2.57. The lowest BCUT2D eigenvalue weighted by molar-refractivity contribution is -0.703. The SMILES string of the molecule is CCC(CC)C1=CC2(CC(C(CC)CC)=C1)c1ccc3cncc4c3c1-c1c(cc3c(-c5ccccc5)cccc3[n+]12)C4(C)C. The van der Waals surface area contributed by atoms with Crippen LogP contribution in [0.25, 0.3) is 44.1 Å². The normalized spacial score (nSPS) is 19.2. The van der Waals surface area contributed by atoms with Crippen molar-refractivity contribution in [3.8, 4) is 22.4 Å². The van der Waals surface area contributed by atoms with Crippen molar-refractivity contribution in [2.75, 3.05) is 0 Å². The van der Waals surface area contributed by atoms with Gasteiger partial charge in [0.15, 0.2) is 0 Å². The van der Waals surface area contributed by atoms with Crippen LogP contribution in [0.3, 0.4) is 0 Å². The van der Waals surface area contributed by atoms with Crippen LogP contribution in [-0.4, -0.2) is 4.98 Å². The number of hydrogen-bond donors (Lipinski definition) is 0. The second-order valence-electron chi connectivity index (χ2n) is 14.2. The molecule has 2 aliphatic carbocycles. The van der Waals surface area contributed by atoms with Gasteiger partial charge in [-0.3, -0.25) is 4.98 Å². The van der Waals surface area contributed by atoms with Gasteiger partial charge in [-0.25, -0.2) is 0 Å². The lowest BCUT2D eigenvalue weighted by Crippen LogP contribution is -2.56. The molecule has 5 aromatic rings. The van der Waals surface area contributed by atoms with Crippen LogP contribution < -0.4 is 4.57 Å². The lowest BCUT2D eigenvalue weighted by Gasteiger charge is -2.34. The maximum absolute atomic E-state index is 4.79. The minimum Gasteiger partial charge on any atom is -0.264 e. The van der Waals surface area contributed by atoms with Gasteiger partial charge in [0.2, 0.25) is 16.7 Å². The Labute approximate surface area is 268 Å². The first-order valence-corrected chi connectivity index (χ1v) is 17.3. The molecule has 8 rings (SSSR count). The van der Waals surface area contributed by atoms with E-state index in [0.29, 0.717) is 11.8 Å². The third-order valence-corrected chi connectivity index (χ3v) is 11.7. The zero-order valence-electron chi connectivity index (χ0n) is 27.7.